The lowest BCUT2D eigenvalue weighted by Crippen LogP contribution is -2.37. The standard InChI is InChI=1S/C19H23N3O3/c1-4-10-21(11-5-2)19(25)15-12-18(24)22(13-15)17-8-6-16(7-9-17)20-14(3)23/h4-9,15H,1-2,10-13H2,3H3,(H,20,23). The Morgan fingerprint density at radius 1 is 1.24 bits per heavy atom. The van der Waals surface area contributed by atoms with Gasteiger partial charge in [0.2, 0.25) is 17.7 Å². The van der Waals surface area contributed by atoms with E-state index in [2.05, 4.69) is 18.5 Å². The molecule has 1 atom stereocenters. The van der Waals surface area contributed by atoms with Crippen molar-refractivity contribution >= 4 is 29.1 Å². The lowest BCUT2D eigenvalue weighted by Gasteiger charge is -2.23. The summed E-state index contributed by atoms with van der Waals surface area (Å²) >= 11 is 0. The maximum absolute atomic E-state index is 12.6. The summed E-state index contributed by atoms with van der Waals surface area (Å²) in [5.41, 5.74) is 1.38. The van der Waals surface area contributed by atoms with E-state index in [1.165, 1.54) is 6.92 Å². The molecule has 1 N–H and O–H groups in total. The minimum absolute atomic E-state index is 0.0643. The average molecular weight is 341 g/mol. The lowest BCUT2D eigenvalue weighted by atomic mass is 10.1. The van der Waals surface area contributed by atoms with E-state index in [9.17, 15) is 14.4 Å². The Hall–Kier alpha value is -2.89. The molecule has 0 aromatic heterocycles. The first-order valence-electron chi connectivity index (χ1n) is 8.14. The Morgan fingerprint density at radius 2 is 1.84 bits per heavy atom. The topological polar surface area (TPSA) is 69.7 Å². The third kappa shape index (κ3) is 4.56. The molecule has 1 heterocycles. The largest absolute Gasteiger partial charge is 0.335 e. The van der Waals surface area contributed by atoms with E-state index in [0.717, 1.165) is 0 Å². The van der Waals surface area contributed by atoms with E-state index in [4.69, 9.17) is 0 Å². The molecule has 0 saturated carbocycles. The second kappa shape index (κ2) is 8.28. The average Bonchev–Trinajstić information content (AvgIpc) is 2.96. The molecule has 1 saturated heterocycles. The Bertz CT molecular complexity index is 672. The van der Waals surface area contributed by atoms with Crippen molar-refractivity contribution in [3.05, 3.63) is 49.6 Å². The van der Waals surface area contributed by atoms with Crippen molar-refractivity contribution in [2.24, 2.45) is 5.92 Å². The van der Waals surface area contributed by atoms with Crippen LogP contribution >= 0.6 is 0 Å². The Kier molecular flexibility index (Phi) is 6.11. The molecule has 6 heteroatoms. The summed E-state index contributed by atoms with van der Waals surface area (Å²) < 4.78 is 0. The van der Waals surface area contributed by atoms with E-state index < -0.39 is 0 Å². The van der Waals surface area contributed by atoms with Gasteiger partial charge in [0.05, 0.1) is 5.92 Å². The van der Waals surface area contributed by atoms with Crippen LogP contribution in [0.15, 0.2) is 49.6 Å². The molecule has 1 aromatic carbocycles. The van der Waals surface area contributed by atoms with Crippen LogP contribution in [0.1, 0.15) is 13.3 Å². The molecule has 1 aliphatic heterocycles. The van der Waals surface area contributed by atoms with Crippen molar-refractivity contribution in [3.8, 4) is 0 Å². The molecule has 1 aliphatic rings. The highest BCUT2D eigenvalue weighted by atomic mass is 16.2. The Labute approximate surface area is 147 Å². The summed E-state index contributed by atoms with van der Waals surface area (Å²) in [5, 5.41) is 2.68. The van der Waals surface area contributed by atoms with Gasteiger partial charge < -0.3 is 15.1 Å². The number of carbonyl (C=O) groups is 3. The smallest absolute Gasteiger partial charge is 0.228 e. The van der Waals surface area contributed by atoms with Crippen LogP contribution in [-0.2, 0) is 14.4 Å². The van der Waals surface area contributed by atoms with Gasteiger partial charge in [-0.1, -0.05) is 12.2 Å². The summed E-state index contributed by atoms with van der Waals surface area (Å²) in [6.45, 7) is 9.97. The molecule has 2 rings (SSSR count). The van der Waals surface area contributed by atoms with Gasteiger partial charge in [-0.3, -0.25) is 14.4 Å². The maximum atomic E-state index is 12.6. The Morgan fingerprint density at radius 3 is 2.36 bits per heavy atom. The summed E-state index contributed by atoms with van der Waals surface area (Å²) in [4.78, 5) is 39.3. The van der Waals surface area contributed by atoms with Crippen molar-refractivity contribution < 1.29 is 14.4 Å². The fourth-order valence-electron chi connectivity index (χ4n) is 2.87. The molecule has 3 amide bonds. The normalized spacial score (nSPS) is 16.4. The van der Waals surface area contributed by atoms with Crippen LogP contribution in [0.5, 0.6) is 0 Å². The van der Waals surface area contributed by atoms with Crippen molar-refractivity contribution in [3.63, 3.8) is 0 Å². The van der Waals surface area contributed by atoms with E-state index >= 15 is 0 Å². The van der Waals surface area contributed by atoms with Crippen LogP contribution < -0.4 is 10.2 Å². The molecule has 1 unspecified atom stereocenters. The number of anilines is 2. The number of carbonyl (C=O) groups excluding carboxylic acids is 3. The molecule has 132 valence electrons. The van der Waals surface area contributed by atoms with E-state index in [1.54, 1.807) is 46.2 Å². The number of nitrogens with zero attached hydrogens (tertiary/aromatic N) is 2. The van der Waals surface area contributed by atoms with Gasteiger partial charge in [0.1, 0.15) is 0 Å². The second-order valence-corrected chi connectivity index (χ2v) is 5.95. The highest BCUT2D eigenvalue weighted by Crippen LogP contribution is 2.27. The maximum Gasteiger partial charge on any atom is 0.228 e. The summed E-state index contributed by atoms with van der Waals surface area (Å²) in [6.07, 6.45) is 3.52. The number of benzene rings is 1. The van der Waals surface area contributed by atoms with E-state index in [0.29, 0.717) is 31.0 Å². The van der Waals surface area contributed by atoms with Crippen LogP contribution in [0.2, 0.25) is 0 Å². The van der Waals surface area contributed by atoms with Gasteiger partial charge in [0, 0.05) is 44.4 Å². The Balaban J connectivity index is 2.08. The first kappa shape index (κ1) is 18.4. The number of hydrogen-bond donors (Lipinski definition) is 1. The molecule has 0 aliphatic carbocycles. The molecule has 1 aromatic rings. The minimum Gasteiger partial charge on any atom is -0.335 e. The second-order valence-electron chi connectivity index (χ2n) is 5.95. The SMILES string of the molecule is C=CCN(CC=C)C(=O)C1CC(=O)N(c2ccc(NC(C)=O)cc2)C1. The van der Waals surface area contributed by atoms with Gasteiger partial charge >= 0.3 is 0 Å². The molecule has 0 bridgehead atoms. The first-order valence-corrected chi connectivity index (χ1v) is 8.14. The fraction of sp³-hybridized carbons (Fsp3) is 0.316. The van der Waals surface area contributed by atoms with Crippen molar-refractivity contribution in [2.45, 2.75) is 13.3 Å². The lowest BCUT2D eigenvalue weighted by molar-refractivity contribution is -0.134. The van der Waals surface area contributed by atoms with Gasteiger partial charge in [0.15, 0.2) is 0 Å². The van der Waals surface area contributed by atoms with Crippen LogP contribution in [0, 0.1) is 5.92 Å². The summed E-state index contributed by atoms with van der Waals surface area (Å²) in [7, 11) is 0. The van der Waals surface area contributed by atoms with E-state index in [-0.39, 0.29) is 30.1 Å². The zero-order chi connectivity index (χ0) is 18.4. The highest BCUT2D eigenvalue weighted by Gasteiger charge is 2.36. The summed E-state index contributed by atoms with van der Waals surface area (Å²) in [6, 6.07) is 7.00. The molecular weight excluding hydrogens is 318 g/mol. The molecular formula is C19H23N3O3. The van der Waals surface area contributed by atoms with Crippen molar-refractivity contribution in [2.75, 3.05) is 29.9 Å². The third-order valence-electron chi connectivity index (χ3n) is 3.98. The van der Waals surface area contributed by atoms with Gasteiger partial charge in [-0.05, 0) is 24.3 Å². The third-order valence-corrected chi connectivity index (χ3v) is 3.98. The van der Waals surface area contributed by atoms with Crippen LogP contribution in [-0.4, -0.2) is 42.3 Å². The molecule has 25 heavy (non-hydrogen) atoms. The minimum atomic E-state index is -0.373. The number of amides is 3. The number of nitrogens with one attached hydrogen (secondary N) is 1. The van der Waals surface area contributed by atoms with Crippen LogP contribution in [0.3, 0.4) is 0 Å². The first-order chi connectivity index (χ1) is 12.0. The summed E-state index contributed by atoms with van der Waals surface area (Å²) in [5.74, 6) is -0.670. The molecule has 6 nitrogen and oxygen atoms in total. The van der Waals surface area contributed by atoms with Gasteiger partial charge in [0.25, 0.3) is 0 Å². The van der Waals surface area contributed by atoms with Crippen molar-refractivity contribution in [1.82, 2.24) is 4.90 Å². The molecule has 1 fully saturated rings. The predicted molar refractivity (Wildman–Crippen MR) is 98.2 cm³/mol. The van der Waals surface area contributed by atoms with Crippen LogP contribution in [0.25, 0.3) is 0 Å². The zero-order valence-electron chi connectivity index (χ0n) is 14.4. The van der Waals surface area contributed by atoms with Crippen LogP contribution in [0.4, 0.5) is 11.4 Å². The highest BCUT2D eigenvalue weighted by molar-refractivity contribution is 6.00. The van der Waals surface area contributed by atoms with Crippen molar-refractivity contribution in [1.29, 1.82) is 0 Å². The fourth-order valence-corrected chi connectivity index (χ4v) is 2.87. The van der Waals surface area contributed by atoms with Gasteiger partial charge in [-0.25, -0.2) is 0 Å². The zero-order valence-corrected chi connectivity index (χ0v) is 14.4. The van der Waals surface area contributed by atoms with Gasteiger partial charge in [-0.15, -0.1) is 13.2 Å². The molecule has 0 spiro atoms. The monoisotopic (exact) mass is 341 g/mol. The number of rotatable bonds is 7. The number of hydrogen-bond acceptors (Lipinski definition) is 3. The van der Waals surface area contributed by atoms with Gasteiger partial charge in [-0.2, -0.15) is 0 Å². The predicted octanol–water partition coefficient (Wildman–Crippen LogP) is 2.20. The molecule has 0 radical (unpaired) electrons. The quantitative estimate of drug-likeness (QED) is 0.773. The van der Waals surface area contributed by atoms with E-state index in [1.807, 2.05) is 0 Å².